The van der Waals surface area contributed by atoms with Crippen molar-refractivity contribution in [2.45, 2.75) is 33.2 Å². The molecule has 1 aliphatic carbocycles. The van der Waals surface area contributed by atoms with Crippen molar-refractivity contribution in [3.63, 3.8) is 0 Å². The van der Waals surface area contributed by atoms with Crippen LogP contribution in [0.2, 0.25) is 0 Å². The van der Waals surface area contributed by atoms with Crippen LogP contribution >= 0.6 is 0 Å². The third kappa shape index (κ3) is 2.45. The Morgan fingerprint density at radius 2 is 1.84 bits per heavy atom. The lowest BCUT2D eigenvalue weighted by molar-refractivity contribution is -0.149. The molecule has 1 amide bonds. The zero-order valence-electron chi connectivity index (χ0n) is 10.9. The van der Waals surface area contributed by atoms with Gasteiger partial charge in [-0.3, -0.25) is 9.59 Å². The molecule has 0 heterocycles. The number of halogens is 1. The van der Waals surface area contributed by atoms with Crippen LogP contribution in [-0.2, 0) is 16.1 Å². The summed E-state index contributed by atoms with van der Waals surface area (Å²) in [5.74, 6) is -1.78. The van der Waals surface area contributed by atoms with Gasteiger partial charge >= 0.3 is 5.97 Å². The highest BCUT2D eigenvalue weighted by Crippen LogP contribution is 2.46. The van der Waals surface area contributed by atoms with Crippen LogP contribution in [0.15, 0.2) is 12.1 Å². The number of hydrogen-bond donors (Lipinski definition) is 2. The summed E-state index contributed by atoms with van der Waals surface area (Å²) in [7, 11) is 0. The Labute approximate surface area is 110 Å². The average molecular weight is 265 g/mol. The molecule has 1 aromatic carbocycles. The smallest absolute Gasteiger partial charge is 0.319 e. The minimum atomic E-state index is -1.23. The fourth-order valence-electron chi connectivity index (χ4n) is 2.15. The average Bonchev–Trinajstić information content (AvgIpc) is 3.14. The van der Waals surface area contributed by atoms with E-state index in [1.54, 1.807) is 26.0 Å². The first-order chi connectivity index (χ1) is 8.86. The highest BCUT2D eigenvalue weighted by atomic mass is 19.1. The van der Waals surface area contributed by atoms with Gasteiger partial charge in [0.1, 0.15) is 11.2 Å². The predicted octanol–water partition coefficient (Wildman–Crippen LogP) is 1.92. The number of carbonyl (C=O) groups is 2. The molecular formula is C14H16FNO3. The summed E-state index contributed by atoms with van der Waals surface area (Å²) in [5.41, 5.74) is 0.572. The van der Waals surface area contributed by atoms with Crippen LogP contribution in [0.25, 0.3) is 0 Å². The zero-order chi connectivity index (χ0) is 14.2. The van der Waals surface area contributed by atoms with Crippen LogP contribution in [-0.4, -0.2) is 17.0 Å². The van der Waals surface area contributed by atoms with Crippen molar-refractivity contribution in [2.24, 2.45) is 5.41 Å². The minimum Gasteiger partial charge on any atom is -0.480 e. The van der Waals surface area contributed by atoms with Gasteiger partial charge in [-0.1, -0.05) is 12.1 Å². The van der Waals surface area contributed by atoms with Crippen LogP contribution in [0.5, 0.6) is 0 Å². The van der Waals surface area contributed by atoms with Crippen molar-refractivity contribution in [1.82, 2.24) is 5.32 Å². The second-order valence-electron chi connectivity index (χ2n) is 5.11. The number of carboxylic acid groups (broad SMARTS) is 1. The number of amides is 1. The summed E-state index contributed by atoms with van der Waals surface area (Å²) in [4.78, 5) is 22.8. The van der Waals surface area contributed by atoms with Gasteiger partial charge in [0.15, 0.2) is 0 Å². The van der Waals surface area contributed by atoms with E-state index in [-0.39, 0.29) is 12.4 Å². The van der Waals surface area contributed by atoms with Crippen molar-refractivity contribution in [2.75, 3.05) is 0 Å². The third-order valence-electron chi connectivity index (χ3n) is 3.54. The third-order valence-corrected chi connectivity index (χ3v) is 3.54. The van der Waals surface area contributed by atoms with Crippen molar-refractivity contribution in [3.8, 4) is 0 Å². The fraction of sp³-hybridized carbons (Fsp3) is 0.429. The predicted molar refractivity (Wildman–Crippen MR) is 67.0 cm³/mol. The number of aryl methyl sites for hydroxylation is 2. The van der Waals surface area contributed by atoms with Crippen LogP contribution < -0.4 is 5.32 Å². The molecule has 1 aliphatic rings. The Bertz CT molecular complexity index is 527. The van der Waals surface area contributed by atoms with Gasteiger partial charge in [-0.25, -0.2) is 4.39 Å². The Kier molecular flexibility index (Phi) is 3.30. The van der Waals surface area contributed by atoms with E-state index in [2.05, 4.69) is 5.32 Å². The number of carboxylic acids is 1. The number of nitrogens with one attached hydrogen (secondary N) is 1. The number of hydrogen-bond acceptors (Lipinski definition) is 2. The van der Waals surface area contributed by atoms with Gasteiger partial charge in [0.05, 0.1) is 0 Å². The Morgan fingerprint density at radius 1 is 1.32 bits per heavy atom. The molecule has 0 unspecified atom stereocenters. The van der Waals surface area contributed by atoms with Crippen molar-refractivity contribution >= 4 is 11.9 Å². The number of aliphatic carboxylic acids is 1. The second-order valence-corrected chi connectivity index (χ2v) is 5.11. The first kappa shape index (κ1) is 13.5. The maximum atomic E-state index is 13.4. The summed E-state index contributed by atoms with van der Waals surface area (Å²) in [5, 5.41) is 11.6. The van der Waals surface area contributed by atoms with Crippen LogP contribution in [0.3, 0.4) is 0 Å². The lowest BCUT2D eigenvalue weighted by Gasteiger charge is -2.12. The summed E-state index contributed by atoms with van der Waals surface area (Å²) in [6, 6.07) is 3.31. The summed E-state index contributed by atoms with van der Waals surface area (Å²) in [6.07, 6.45) is 0.769. The molecule has 0 radical (unpaired) electrons. The molecule has 102 valence electrons. The topological polar surface area (TPSA) is 66.4 Å². The molecule has 1 fully saturated rings. The Hall–Kier alpha value is -1.91. The standard InChI is InChI=1S/C14H16FNO3/c1-8-5-10(6-9(2)11(8)15)7-16-12(17)14(3-4-14)13(18)19/h5-6H,3-4,7H2,1-2H3,(H,16,17)(H,18,19). The fourth-order valence-corrected chi connectivity index (χ4v) is 2.15. The van der Waals surface area contributed by atoms with Crippen molar-refractivity contribution in [3.05, 3.63) is 34.6 Å². The SMILES string of the molecule is Cc1cc(CNC(=O)C2(C(=O)O)CC2)cc(C)c1F. The molecule has 1 saturated carbocycles. The van der Waals surface area contributed by atoms with E-state index in [0.717, 1.165) is 5.56 Å². The Balaban J connectivity index is 2.04. The van der Waals surface area contributed by atoms with Crippen molar-refractivity contribution in [1.29, 1.82) is 0 Å². The molecule has 2 N–H and O–H groups in total. The van der Waals surface area contributed by atoms with E-state index < -0.39 is 17.3 Å². The van der Waals surface area contributed by atoms with Gasteiger partial charge in [0, 0.05) is 6.54 Å². The van der Waals surface area contributed by atoms with E-state index >= 15 is 0 Å². The molecule has 0 aliphatic heterocycles. The van der Waals surface area contributed by atoms with Gasteiger partial charge in [-0.05, 0) is 43.4 Å². The molecule has 19 heavy (non-hydrogen) atoms. The molecule has 1 aromatic rings. The highest BCUT2D eigenvalue weighted by molar-refractivity contribution is 6.04. The van der Waals surface area contributed by atoms with Gasteiger partial charge in [-0.2, -0.15) is 0 Å². The molecule has 2 rings (SSSR count). The van der Waals surface area contributed by atoms with E-state index in [1.165, 1.54) is 0 Å². The van der Waals surface area contributed by atoms with Gasteiger partial charge < -0.3 is 10.4 Å². The number of benzene rings is 1. The first-order valence-electron chi connectivity index (χ1n) is 6.14. The Morgan fingerprint density at radius 3 is 2.26 bits per heavy atom. The van der Waals surface area contributed by atoms with E-state index in [0.29, 0.717) is 24.0 Å². The monoisotopic (exact) mass is 265 g/mol. The first-order valence-corrected chi connectivity index (χ1v) is 6.14. The maximum absolute atomic E-state index is 13.4. The molecule has 0 bridgehead atoms. The summed E-state index contributed by atoms with van der Waals surface area (Å²) < 4.78 is 13.4. The van der Waals surface area contributed by atoms with Gasteiger partial charge in [0.25, 0.3) is 0 Å². The van der Waals surface area contributed by atoms with E-state index in [9.17, 15) is 14.0 Å². The molecule has 0 aromatic heterocycles. The molecular weight excluding hydrogens is 249 g/mol. The zero-order valence-corrected chi connectivity index (χ0v) is 10.9. The molecule has 0 atom stereocenters. The summed E-state index contributed by atoms with van der Waals surface area (Å²) >= 11 is 0. The molecule has 0 spiro atoms. The summed E-state index contributed by atoms with van der Waals surface area (Å²) in [6.45, 7) is 3.54. The number of carbonyl (C=O) groups excluding carboxylic acids is 1. The van der Waals surface area contributed by atoms with Crippen LogP contribution in [0.4, 0.5) is 4.39 Å². The maximum Gasteiger partial charge on any atom is 0.319 e. The van der Waals surface area contributed by atoms with Crippen LogP contribution in [0.1, 0.15) is 29.5 Å². The van der Waals surface area contributed by atoms with Gasteiger partial charge in [-0.15, -0.1) is 0 Å². The molecule has 0 saturated heterocycles. The molecule has 4 nitrogen and oxygen atoms in total. The second kappa shape index (κ2) is 4.64. The van der Waals surface area contributed by atoms with Gasteiger partial charge in [0.2, 0.25) is 5.91 Å². The van der Waals surface area contributed by atoms with Crippen LogP contribution in [0, 0.1) is 25.1 Å². The van der Waals surface area contributed by atoms with E-state index in [1.807, 2.05) is 0 Å². The minimum absolute atomic E-state index is 0.218. The largest absolute Gasteiger partial charge is 0.480 e. The number of rotatable bonds is 4. The quantitative estimate of drug-likeness (QED) is 0.817. The highest BCUT2D eigenvalue weighted by Gasteiger charge is 2.56. The lowest BCUT2D eigenvalue weighted by atomic mass is 10.0. The molecule has 5 heteroatoms. The van der Waals surface area contributed by atoms with Crippen molar-refractivity contribution < 1.29 is 19.1 Å². The normalized spacial score (nSPS) is 15.9. The lowest BCUT2D eigenvalue weighted by Crippen LogP contribution is -2.36. The van der Waals surface area contributed by atoms with E-state index in [4.69, 9.17) is 5.11 Å².